The van der Waals surface area contributed by atoms with Crippen LogP contribution in [0.4, 0.5) is 8.78 Å². The summed E-state index contributed by atoms with van der Waals surface area (Å²) in [6.07, 6.45) is 4.07. The molecule has 1 atom stereocenters. The molecule has 4 heterocycles. The van der Waals surface area contributed by atoms with Crippen molar-refractivity contribution in [2.75, 3.05) is 32.7 Å². The molecule has 3 aliphatic rings. The van der Waals surface area contributed by atoms with E-state index in [1.54, 1.807) is 11.8 Å². The molecule has 0 aromatic carbocycles. The number of aryl methyl sites for hydroxylation is 1. The predicted molar refractivity (Wildman–Crippen MR) is 98.2 cm³/mol. The van der Waals surface area contributed by atoms with E-state index in [9.17, 15) is 18.4 Å². The van der Waals surface area contributed by atoms with Crippen LogP contribution in [0.3, 0.4) is 0 Å². The van der Waals surface area contributed by atoms with Gasteiger partial charge in [0.05, 0.1) is 5.41 Å². The van der Waals surface area contributed by atoms with Crippen LogP contribution in [-0.2, 0) is 9.53 Å². The van der Waals surface area contributed by atoms with Gasteiger partial charge in [0, 0.05) is 31.7 Å². The lowest BCUT2D eigenvalue weighted by Crippen LogP contribution is -2.45. The van der Waals surface area contributed by atoms with Crippen molar-refractivity contribution in [1.29, 1.82) is 0 Å². The maximum Gasteiger partial charge on any atom is 0.319 e. The first-order valence-corrected chi connectivity index (χ1v) is 10.1. The Morgan fingerprint density at radius 2 is 1.89 bits per heavy atom. The number of halogens is 2. The van der Waals surface area contributed by atoms with Crippen LogP contribution >= 0.6 is 0 Å². The van der Waals surface area contributed by atoms with Gasteiger partial charge < -0.3 is 9.64 Å². The number of rotatable bonds is 4. The topological polar surface area (TPSA) is 54.8 Å². The summed E-state index contributed by atoms with van der Waals surface area (Å²) in [6.45, 7) is 2.50. The monoisotopic (exact) mass is 395 g/mol. The van der Waals surface area contributed by atoms with Crippen LogP contribution in [0.1, 0.15) is 54.8 Å². The van der Waals surface area contributed by atoms with E-state index < -0.39 is 17.9 Å². The Kier molecular flexibility index (Phi) is 5.16. The fraction of sp³-hybridized carbons (Fsp3) is 0.700. The van der Waals surface area contributed by atoms with Crippen LogP contribution in [-0.4, -0.2) is 65.1 Å². The second kappa shape index (κ2) is 7.46. The molecule has 1 aromatic rings. The number of aromatic nitrogens is 1. The zero-order valence-electron chi connectivity index (χ0n) is 16.2. The van der Waals surface area contributed by atoms with Gasteiger partial charge in [0.1, 0.15) is 11.8 Å². The molecule has 0 bridgehead atoms. The quantitative estimate of drug-likeness (QED) is 0.736. The Hall–Kier alpha value is -1.96. The molecule has 154 valence electrons. The molecule has 0 radical (unpaired) electrons. The molecule has 1 aromatic heterocycles. The van der Waals surface area contributed by atoms with Crippen molar-refractivity contribution in [2.24, 2.45) is 5.41 Å². The molecule has 1 amide bonds. The van der Waals surface area contributed by atoms with Crippen molar-refractivity contribution >= 4 is 11.9 Å². The highest BCUT2D eigenvalue weighted by molar-refractivity contribution is 5.93. The fourth-order valence-corrected chi connectivity index (χ4v) is 4.88. The maximum absolute atomic E-state index is 13.3. The standard InChI is InChI=1S/C20H27F2N3O3/c1-14-4-5-16(25(14)19(21)22)17(26)24-10-6-20(7-11-24)12-15(28-18(20)27)13-23-8-2-3-9-23/h4-5,15,19H,2-3,6-13H2,1H3. The van der Waals surface area contributed by atoms with Crippen LogP contribution in [0.2, 0.25) is 0 Å². The van der Waals surface area contributed by atoms with Crippen molar-refractivity contribution in [3.63, 3.8) is 0 Å². The van der Waals surface area contributed by atoms with Crippen LogP contribution in [0.25, 0.3) is 0 Å². The summed E-state index contributed by atoms with van der Waals surface area (Å²) in [5.74, 6) is -0.557. The van der Waals surface area contributed by atoms with Gasteiger partial charge in [-0.1, -0.05) is 0 Å². The van der Waals surface area contributed by atoms with E-state index in [0.717, 1.165) is 24.2 Å². The van der Waals surface area contributed by atoms with E-state index in [1.807, 2.05) is 0 Å². The molecule has 8 heteroatoms. The van der Waals surface area contributed by atoms with Crippen LogP contribution < -0.4 is 0 Å². The Balaban J connectivity index is 1.39. The van der Waals surface area contributed by atoms with E-state index >= 15 is 0 Å². The summed E-state index contributed by atoms with van der Waals surface area (Å²) in [6, 6.07) is 2.98. The van der Waals surface area contributed by atoms with Crippen molar-refractivity contribution < 1.29 is 23.1 Å². The van der Waals surface area contributed by atoms with Crippen molar-refractivity contribution in [1.82, 2.24) is 14.4 Å². The number of ether oxygens (including phenoxy) is 1. The Bertz CT molecular complexity index is 750. The number of esters is 1. The summed E-state index contributed by atoms with van der Waals surface area (Å²) in [7, 11) is 0. The van der Waals surface area contributed by atoms with E-state index in [1.165, 1.54) is 25.0 Å². The fourth-order valence-electron chi connectivity index (χ4n) is 4.88. The molecule has 4 rings (SSSR count). The Morgan fingerprint density at radius 1 is 1.21 bits per heavy atom. The molecule has 6 nitrogen and oxygen atoms in total. The number of alkyl halides is 2. The smallest absolute Gasteiger partial charge is 0.319 e. The second-order valence-corrected chi connectivity index (χ2v) is 8.32. The van der Waals surface area contributed by atoms with E-state index in [2.05, 4.69) is 4.90 Å². The number of hydrogen-bond donors (Lipinski definition) is 0. The van der Waals surface area contributed by atoms with Gasteiger partial charge in [0.25, 0.3) is 5.91 Å². The molecule has 3 fully saturated rings. The molecule has 3 aliphatic heterocycles. The zero-order valence-corrected chi connectivity index (χ0v) is 16.2. The van der Waals surface area contributed by atoms with Crippen LogP contribution in [0.5, 0.6) is 0 Å². The molecule has 0 aliphatic carbocycles. The summed E-state index contributed by atoms with van der Waals surface area (Å²) in [4.78, 5) is 29.3. The number of amides is 1. The van der Waals surface area contributed by atoms with Gasteiger partial charge in [-0.2, -0.15) is 8.78 Å². The van der Waals surface area contributed by atoms with Crippen molar-refractivity contribution in [3.05, 3.63) is 23.5 Å². The highest BCUT2D eigenvalue weighted by atomic mass is 19.3. The highest BCUT2D eigenvalue weighted by Crippen LogP contribution is 2.43. The summed E-state index contributed by atoms with van der Waals surface area (Å²) in [5, 5.41) is 0. The van der Waals surface area contributed by atoms with Gasteiger partial charge in [0.15, 0.2) is 0 Å². The first-order chi connectivity index (χ1) is 13.4. The zero-order chi connectivity index (χ0) is 19.9. The summed E-state index contributed by atoms with van der Waals surface area (Å²) < 4.78 is 33.0. The minimum Gasteiger partial charge on any atom is -0.461 e. The van der Waals surface area contributed by atoms with Gasteiger partial charge >= 0.3 is 12.5 Å². The SMILES string of the molecule is Cc1ccc(C(=O)N2CCC3(CC2)CC(CN2CCCC2)OC3=O)n1C(F)F. The summed E-state index contributed by atoms with van der Waals surface area (Å²) >= 11 is 0. The minimum atomic E-state index is -2.75. The van der Waals surface area contributed by atoms with Gasteiger partial charge in [0.2, 0.25) is 0 Å². The van der Waals surface area contributed by atoms with Crippen LogP contribution in [0.15, 0.2) is 12.1 Å². The largest absolute Gasteiger partial charge is 0.461 e. The van der Waals surface area contributed by atoms with E-state index in [4.69, 9.17) is 4.74 Å². The number of likely N-dealkylation sites (tertiary alicyclic amines) is 2. The lowest BCUT2D eigenvalue weighted by Gasteiger charge is -2.36. The van der Waals surface area contributed by atoms with Gasteiger partial charge in [-0.15, -0.1) is 0 Å². The molecule has 0 saturated carbocycles. The third-order valence-electron chi connectivity index (χ3n) is 6.53. The number of piperidine rings is 1. The molecule has 28 heavy (non-hydrogen) atoms. The third kappa shape index (κ3) is 3.43. The molecule has 3 saturated heterocycles. The number of hydrogen-bond acceptors (Lipinski definition) is 4. The predicted octanol–water partition coefficient (Wildman–Crippen LogP) is 2.83. The van der Waals surface area contributed by atoms with E-state index in [-0.39, 0.29) is 17.8 Å². The first-order valence-electron chi connectivity index (χ1n) is 10.1. The molecule has 1 unspecified atom stereocenters. The highest BCUT2D eigenvalue weighted by Gasteiger charge is 2.51. The lowest BCUT2D eigenvalue weighted by atomic mass is 9.76. The number of carbonyl (C=O) groups excluding carboxylic acids is 2. The van der Waals surface area contributed by atoms with Crippen LogP contribution in [0, 0.1) is 12.3 Å². The van der Waals surface area contributed by atoms with Crippen molar-refractivity contribution in [3.8, 4) is 0 Å². The van der Waals surface area contributed by atoms with Crippen molar-refractivity contribution in [2.45, 2.75) is 51.7 Å². The molecule has 1 spiro atoms. The second-order valence-electron chi connectivity index (χ2n) is 8.32. The van der Waals surface area contributed by atoms with Gasteiger partial charge in [-0.3, -0.25) is 19.1 Å². The normalized spacial score (nSPS) is 25.1. The molecule has 0 N–H and O–H groups in total. The molecular weight excluding hydrogens is 368 g/mol. The average Bonchev–Trinajstić information content (AvgIpc) is 3.36. The summed E-state index contributed by atoms with van der Waals surface area (Å²) in [5.41, 5.74) is -0.165. The maximum atomic E-state index is 13.3. The number of nitrogens with zero attached hydrogens (tertiary/aromatic N) is 3. The Labute approximate surface area is 163 Å². The number of carbonyl (C=O) groups is 2. The minimum absolute atomic E-state index is 0.00404. The van der Waals surface area contributed by atoms with Gasteiger partial charge in [-0.25, -0.2) is 0 Å². The third-order valence-corrected chi connectivity index (χ3v) is 6.53. The van der Waals surface area contributed by atoms with E-state index in [0.29, 0.717) is 38.0 Å². The first kappa shape index (κ1) is 19.4. The van der Waals surface area contributed by atoms with Gasteiger partial charge in [-0.05, 0) is 57.8 Å². The lowest BCUT2D eigenvalue weighted by molar-refractivity contribution is -0.150. The average molecular weight is 395 g/mol. The Morgan fingerprint density at radius 3 is 2.54 bits per heavy atom. The molecular formula is C20H27F2N3O3. The number of cyclic esters (lactones) is 1.